The monoisotopic (exact) mass is 284 g/mol. The van der Waals surface area contributed by atoms with Gasteiger partial charge in [0.25, 0.3) is 5.91 Å². The zero-order valence-electron chi connectivity index (χ0n) is 11.0. The van der Waals surface area contributed by atoms with Crippen LogP contribution in [0.4, 0.5) is 5.69 Å². The number of sulfonamides is 1. The maximum atomic E-state index is 11.9. The van der Waals surface area contributed by atoms with E-state index in [1.807, 2.05) is 0 Å². The lowest BCUT2D eigenvalue weighted by Crippen LogP contribution is -2.42. The number of nitrogens with one attached hydrogen (secondary N) is 1. The number of hydrogen-bond donors (Lipinski definition) is 1. The summed E-state index contributed by atoms with van der Waals surface area (Å²) in [5.74, 6) is 0.301. The lowest BCUT2D eigenvalue weighted by Gasteiger charge is -2.30. The molecule has 2 rings (SSSR count). The van der Waals surface area contributed by atoms with Crippen LogP contribution in [0.5, 0.6) is 5.75 Å². The van der Waals surface area contributed by atoms with Crippen molar-refractivity contribution in [2.75, 3.05) is 18.5 Å². The second-order valence-corrected chi connectivity index (χ2v) is 6.06. The van der Waals surface area contributed by atoms with Crippen molar-refractivity contribution in [2.45, 2.75) is 24.8 Å². The van der Waals surface area contributed by atoms with Crippen LogP contribution in [0.25, 0.3) is 0 Å². The Bertz CT molecular complexity index is 612. The van der Waals surface area contributed by atoms with Gasteiger partial charge in [-0.2, -0.15) is 0 Å². The number of nitrogens with zero attached hydrogens (tertiary/aromatic N) is 1. The first kappa shape index (κ1) is 13.8. The first-order valence-electron chi connectivity index (χ1n) is 5.94. The number of fused-ring (bicyclic) bond motifs is 1. The van der Waals surface area contributed by atoms with E-state index in [9.17, 15) is 13.2 Å². The molecular weight excluding hydrogens is 268 g/mol. The molecule has 0 saturated carbocycles. The summed E-state index contributed by atoms with van der Waals surface area (Å²) < 4.78 is 31.7. The standard InChI is InChI=1S/C12H16N2O4S/c1-4-13-19(16,17)9-5-6-11-10(7-9)14(3)12(15)8(2)18-11/h5-8,13H,4H2,1-3H3. The Kier molecular flexibility index (Phi) is 3.51. The SMILES string of the molecule is CCNS(=O)(=O)c1ccc2c(c1)N(C)C(=O)C(C)O2. The molecule has 1 aliphatic heterocycles. The summed E-state index contributed by atoms with van der Waals surface area (Å²) in [4.78, 5) is 13.3. The molecule has 0 aliphatic carbocycles. The summed E-state index contributed by atoms with van der Waals surface area (Å²) >= 11 is 0. The number of carbonyl (C=O) groups is 1. The van der Waals surface area contributed by atoms with Gasteiger partial charge in [-0.1, -0.05) is 6.92 Å². The van der Waals surface area contributed by atoms with Gasteiger partial charge in [-0.15, -0.1) is 0 Å². The molecule has 0 spiro atoms. The third kappa shape index (κ3) is 2.43. The van der Waals surface area contributed by atoms with Crippen molar-refractivity contribution in [1.82, 2.24) is 4.72 Å². The number of hydrogen-bond acceptors (Lipinski definition) is 4. The molecule has 1 N–H and O–H groups in total. The average molecular weight is 284 g/mol. The van der Waals surface area contributed by atoms with Crippen LogP contribution in [0, 0.1) is 0 Å². The van der Waals surface area contributed by atoms with E-state index in [-0.39, 0.29) is 10.8 Å². The fourth-order valence-electron chi connectivity index (χ4n) is 1.93. The van der Waals surface area contributed by atoms with Gasteiger partial charge < -0.3 is 9.64 Å². The van der Waals surface area contributed by atoms with E-state index in [1.165, 1.54) is 17.0 Å². The molecule has 1 aliphatic rings. The molecule has 1 heterocycles. The van der Waals surface area contributed by atoms with Crippen LogP contribution in [-0.2, 0) is 14.8 Å². The minimum atomic E-state index is -3.54. The van der Waals surface area contributed by atoms with Crippen molar-refractivity contribution in [3.63, 3.8) is 0 Å². The molecule has 1 aromatic carbocycles. The molecule has 1 aromatic rings. The van der Waals surface area contributed by atoms with Crippen LogP contribution >= 0.6 is 0 Å². The number of rotatable bonds is 3. The van der Waals surface area contributed by atoms with Gasteiger partial charge in [0.2, 0.25) is 10.0 Å². The van der Waals surface area contributed by atoms with E-state index in [0.717, 1.165) is 0 Å². The van der Waals surface area contributed by atoms with Crippen LogP contribution in [0.1, 0.15) is 13.8 Å². The number of anilines is 1. The van der Waals surface area contributed by atoms with E-state index in [1.54, 1.807) is 27.0 Å². The van der Waals surface area contributed by atoms with Gasteiger partial charge in [-0.25, -0.2) is 13.1 Å². The fourth-order valence-corrected chi connectivity index (χ4v) is 2.99. The Hall–Kier alpha value is -1.60. The fraction of sp³-hybridized carbons (Fsp3) is 0.417. The van der Waals surface area contributed by atoms with Crippen molar-refractivity contribution >= 4 is 21.6 Å². The zero-order valence-corrected chi connectivity index (χ0v) is 11.8. The molecule has 19 heavy (non-hydrogen) atoms. The maximum Gasteiger partial charge on any atom is 0.267 e. The molecule has 1 atom stereocenters. The molecule has 0 bridgehead atoms. The van der Waals surface area contributed by atoms with Crippen molar-refractivity contribution in [3.05, 3.63) is 18.2 Å². The number of likely N-dealkylation sites (N-methyl/N-ethyl adjacent to an activating group) is 1. The minimum absolute atomic E-state index is 0.117. The minimum Gasteiger partial charge on any atom is -0.479 e. The number of amides is 1. The normalized spacial score (nSPS) is 19.0. The van der Waals surface area contributed by atoms with Gasteiger partial charge in [-0.05, 0) is 25.1 Å². The lowest BCUT2D eigenvalue weighted by atomic mass is 10.2. The molecule has 7 heteroatoms. The molecule has 0 radical (unpaired) electrons. The molecule has 1 unspecified atom stereocenters. The molecule has 0 saturated heterocycles. The van der Waals surface area contributed by atoms with Crippen LogP contribution in [0.2, 0.25) is 0 Å². The Morgan fingerprint density at radius 2 is 2.11 bits per heavy atom. The largest absolute Gasteiger partial charge is 0.479 e. The van der Waals surface area contributed by atoms with Crippen molar-refractivity contribution < 1.29 is 17.9 Å². The summed E-state index contributed by atoms with van der Waals surface area (Å²) in [6.45, 7) is 3.67. The smallest absolute Gasteiger partial charge is 0.267 e. The second-order valence-electron chi connectivity index (χ2n) is 4.29. The van der Waals surface area contributed by atoms with Crippen LogP contribution in [-0.4, -0.2) is 34.0 Å². The van der Waals surface area contributed by atoms with E-state index in [2.05, 4.69) is 4.72 Å². The van der Waals surface area contributed by atoms with Gasteiger partial charge in [0.15, 0.2) is 6.10 Å². The van der Waals surface area contributed by atoms with Crippen LogP contribution < -0.4 is 14.4 Å². The molecule has 1 amide bonds. The second kappa shape index (κ2) is 4.82. The lowest BCUT2D eigenvalue weighted by molar-refractivity contribution is -0.125. The van der Waals surface area contributed by atoms with E-state index >= 15 is 0 Å². The van der Waals surface area contributed by atoms with Gasteiger partial charge in [0, 0.05) is 13.6 Å². The highest BCUT2D eigenvalue weighted by Crippen LogP contribution is 2.34. The molecule has 6 nitrogen and oxygen atoms in total. The van der Waals surface area contributed by atoms with Crippen LogP contribution in [0.15, 0.2) is 23.1 Å². The highest BCUT2D eigenvalue weighted by Gasteiger charge is 2.30. The van der Waals surface area contributed by atoms with E-state index < -0.39 is 16.1 Å². The predicted molar refractivity (Wildman–Crippen MR) is 70.8 cm³/mol. The van der Waals surface area contributed by atoms with Crippen molar-refractivity contribution in [1.29, 1.82) is 0 Å². The molecule has 0 fully saturated rings. The van der Waals surface area contributed by atoms with Crippen molar-refractivity contribution in [3.8, 4) is 5.75 Å². The van der Waals surface area contributed by atoms with E-state index in [0.29, 0.717) is 18.0 Å². The Morgan fingerprint density at radius 1 is 1.42 bits per heavy atom. The average Bonchev–Trinajstić information content (AvgIpc) is 2.35. The predicted octanol–water partition coefficient (Wildman–Crippen LogP) is 0.728. The quantitative estimate of drug-likeness (QED) is 0.887. The highest BCUT2D eigenvalue weighted by molar-refractivity contribution is 7.89. The number of benzene rings is 1. The number of carbonyl (C=O) groups excluding carboxylic acids is 1. The zero-order chi connectivity index (χ0) is 14.2. The first-order valence-corrected chi connectivity index (χ1v) is 7.43. The Morgan fingerprint density at radius 3 is 2.74 bits per heavy atom. The summed E-state index contributed by atoms with van der Waals surface area (Å²) in [6, 6.07) is 4.48. The topological polar surface area (TPSA) is 75.7 Å². The highest BCUT2D eigenvalue weighted by atomic mass is 32.2. The van der Waals surface area contributed by atoms with E-state index in [4.69, 9.17) is 4.74 Å². The summed E-state index contributed by atoms with van der Waals surface area (Å²) in [5, 5.41) is 0. The first-order chi connectivity index (χ1) is 8.86. The van der Waals surface area contributed by atoms with Gasteiger partial charge >= 0.3 is 0 Å². The Balaban J connectivity index is 2.48. The molecule has 104 valence electrons. The third-order valence-electron chi connectivity index (χ3n) is 2.92. The molecule has 0 aromatic heterocycles. The Labute approximate surface area is 112 Å². The maximum absolute atomic E-state index is 11.9. The summed E-state index contributed by atoms with van der Waals surface area (Å²) in [6.07, 6.45) is -0.561. The van der Waals surface area contributed by atoms with Crippen LogP contribution in [0.3, 0.4) is 0 Å². The van der Waals surface area contributed by atoms with Gasteiger partial charge in [0.1, 0.15) is 5.75 Å². The van der Waals surface area contributed by atoms with Crippen molar-refractivity contribution in [2.24, 2.45) is 0 Å². The van der Waals surface area contributed by atoms with Gasteiger partial charge in [-0.3, -0.25) is 4.79 Å². The molecular formula is C12H16N2O4S. The summed E-state index contributed by atoms with van der Waals surface area (Å²) in [5.41, 5.74) is 0.460. The third-order valence-corrected chi connectivity index (χ3v) is 4.46. The number of ether oxygens (including phenoxy) is 1. The van der Waals surface area contributed by atoms with Gasteiger partial charge in [0.05, 0.1) is 10.6 Å². The summed E-state index contributed by atoms with van der Waals surface area (Å²) in [7, 11) is -1.94.